The molecule has 1 heterocycles. The summed E-state index contributed by atoms with van der Waals surface area (Å²) < 4.78 is 6.02. The number of nitrogens with one attached hydrogen (secondary N) is 1. The summed E-state index contributed by atoms with van der Waals surface area (Å²) in [7, 11) is 0. The molecule has 1 aromatic rings. The lowest BCUT2D eigenvalue weighted by Crippen LogP contribution is -2.29. The Morgan fingerprint density at radius 1 is 1.24 bits per heavy atom. The van der Waals surface area contributed by atoms with Gasteiger partial charge in [-0.3, -0.25) is 0 Å². The molecule has 0 aromatic heterocycles. The van der Waals surface area contributed by atoms with Gasteiger partial charge >= 0.3 is 0 Å². The third kappa shape index (κ3) is 4.70. The largest absolute Gasteiger partial charge is 0.375 e. The van der Waals surface area contributed by atoms with Gasteiger partial charge in [0.15, 0.2) is 0 Å². The summed E-state index contributed by atoms with van der Waals surface area (Å²) in [5.74, 6) is 0.612. The fourth-order valence-corrected chi connectivity index (χ4v) is 3.48. The van der Waals surface area contributed by atoms with Crippen LogP contribution in [0.25, 0.3) is 0 Å². The van der Waals surface area contributed by atoms with Crippen LogP contribution in [0.1, 0.15) is 44.6 Å². The number of hydrogen-bond donors (Lipinski definition) is 1. The lowest BCUT2D eigenvalue weighted by molar-refractivity contribution is 0.0407. The second-order valence-corrected chi connectivity index (χ2v) is 7.13. The van der Waals surface area contributed by atoms with Crippen molar-refractivity contribution in [3.05, 3.63) is 34.9 Å². The van der Waals surface area contributed by atoms with Gasteiger partial charge in [-0.15, -0.1) is 0 Å². The average molecular weight is 308 g/mol. The lowest BCUT2D eigenvalue weighted by Gasteiger charge is -2.22. The molecule has 0 amide bonds. The van der Waals surface area contributed by atoms with E-state index in [1.165, 1.54) is 31.2 Å². The first-order valence-corrected chi connectivity index (χ1v) is 8.70. The highest BCUT2D eigenvalue weighted by atomic mass is 35.5. The molecule has 0 bridgehead atoms. The number of rotatable bonds is 7. The average Bonchev–Trinajstić information content (AvgIpc) is 3.21. The molecule has 21 heavy (non-hydrogen) atoms. The van der Waals surface area contributed by atoms with Crippen LogP contribution in [-0.4, -0.2) is 24.8 Å². The topological polar surface area (TPSA) is 21.3 Å². The summed E-state index contributed by atoms with van der Waals surface area (Å²) in [5.41, 5.74) is 1.27. The van der Waals surface area contributed by atoms with Crippen LogP contribution in [0.5, 0.6) is 0 Å². The Morgan fingerprint density at radius 3 is 2.71 bits per heavy atom. The van der Waals surface area contributed by atoms with Crippen LogP contribution in [0.4, 0.5) is 0 Å². The highest BCUT2D eigenvalue weighted by Gasteiger charge is 2.27. The maximum absolute atomic E-state index is 6.33. The van der Waals surface area contributed by atoms with Gasteiger partial charge in [-0.25, -0.2) is 0 Å². The Kier molecular flexibility index (Phi) is 5.20. The van der Waals surface area contributed by atoms with Gasteiger partial charge < -0.3 is 10.1 Å². The molecular weight excluding hydrogens is 282 g/mol. The van der Waals surface area contributed by atoms with Gasteiger partial charge in [0.1, 0.15) is 0 Å². The summed E-state index contributed by atoms with van der Waals surface area (Å²) in [4.78, 5) is 0. The van der Waals surface area contributed by atoms with E-state index in [0.29, 0.717) is 18.1 Å². The predicted molar refractivity (Wildman–Crippen MR) is 87.9 cm³/mol. The van der Waals surface area contributed by atoms with Gasteiger partial charge in [0.05, 0.1) is 12.2 Å². The molecular formula is C18H26ClNO. The Labute approximate surface area is 133 Å². The molecule has 2 fully saturated rings. The highest BCUT2D eigenvalue weighted by molar-refractivity contribution is 6.31. The maximum Gasteiger partial charge on any atom is 0.0583 e. The minimum atomic E-state index is 0.437. The second kappa shape index (κ2) is 7.13. The van der Waals surface area contributed by atoms with E-state index >= 15 is 0 Å². The van der Waals surface area contributed by atoms with Crippen molar-refractivity contribution in [3.8, 4) is 0 Å². The van der Waals surface area contributed by atoms with Crippen molar-refractivity contribution in [2.24, 2.45) is 5.92 Å². The Morgan fingerprint density at radius 2 is 2.05 bits per heavy atom. The molecule has 3 heteroatoms. The zero-order valence-electron chi connectivity index (χ0n) is 12.9. The monoisotopic (exact) mass is 307 g/mol. The van der Waals surface area contributed by atoms with E-state index in [1.807, 2.05) is 12.1 Å². The van der Waals surface area contributed by atoms with E-state index < -0.39 is 0 Å². The van der Waals surface area contributed by atoms with E-state index in [-0.39, 0.29) is 0 Å². The van der Waals surface area contributed by atoms with E-state index in [9.17, 15) is 0 Å². The number of benzene rings is 1. The fourth-order valence-electron chi connectivity index (χ4n) is 3.26. The molecule has 116 valence electrons. The number of hydrogen-bond acceptors (Lipinski definition) is 2. The third-order valence-corrected chi connectivity index (χ3v) is 5.02. The van der Waals surface area contributed by atoms with E-state index in [4.69, 9.17) is 16.3 Å². The molecule has 2 nitrogen and oxygen atoms in total. The van der Waals surface area contributed by atoms with Crippen molar-refractivity contribution >= 4 is 11.6 Å². The molecule has 1 saturated carbocycles. The Hall–Kier alpha value is -0.570. The van der Waals surface area contributed by atoms with Gasteiger partial charge in [-0.1, -0.05) is 29.8 Å². The Balaban J connectivity index is 1.59. The molecule has 0 radical (unpaired) electrons. The molecule has 3 atom stereocenters. The minimum absolute atomic E-state index is 0.437. The van der Waals surface area contributed by atoms with E-state index in [2.05, 4.69) is 24.4 Å². The summed E-state index contributed by atoms with van der Waals surface area (Å²) in [6, 6.07) is 9.01. The first-order valence-electron chi connectivity index (χ1n) is 8.33. The molecule has 1 aromatic carbocycles. The van der Waals surface area contributed by atoms with Gasteiger partial charge in [-0.05, 0) is 69.5 Å². The first kappa shape index (κ1) is 15.3. The van der Waals surface area contributed by atoms with Crippen molar-refractivity contribution in [1.82, 2.24) is 5.32 Å². The summed E-state index contributed by atoms with van der Waals surface area (Å²) >= 11 is 6.33. The van der Waals surface area contributed by atoms with Crippen molar-refractivity contribution < 1.29 is 4.74 Å². The SMILES string of the molecule is CC1CCC(CC(CNC2CC2)Cc2ccccc2Cl)O1. The van der Waals surface area contributed by atoms with Crippen LogP contribution in [0, 0.1) is 5.92 Å². The highest BCUT2D eigenvalue weighted by Crippen LogP contribution is 2.28. The molecule has 1 saturated heterocycles. The summed E-state index contributed by atoms with van der Waals surface area (Å²) in [5, 5.41) is 4.58. The van der Waals surface area contributed by atoms with E-state index in [1.54, 1.807) is 0 Å². The van der Waals surface area contributed by atoms with E-state index in [0.717, 1.165) is 30.5 Å². The predicted octanol–water partition coefficient (Wildman–Crippen LogP) is 4.21. The lowest BCUT2D eigenvalue weighted by atomic mass is 9.92. The van der Waals surface area contributed by atoms with Gasteiger partial charge in [-0.2, -0.15) is 0 Å². The zero-order chi connectivity index (χ0) is 14.7. The number of ether oxygens (including phenoxy) is 1. The quantitative estimate of drug-likeness (QED) is 0.815. The minimum Gasteiger partial charge on any atom is -0.375 e. The second-order valence-electron chi connectivity index (χ2n) is 6.73. The molecule has 3 unspecified atom stereocenters. The van der Waals surface area contributed by atoms with Crippen molar-refractivity contribution in [2.75, 3.05) is 6.54 Å². The fraction of sp³-hybridized carbons (Fsp3) is 0.667. The van der Waals surface area contributed by atoms with Crippen molar-refractivity contribution in [3.63, 3.8) is 0 Å². The van der Waals surface area contributed by atoms with Crippen LogP contribution < -0.4 is 5.32 Å². The van der Waals surface area contributed by atoms with Crippen LogP contribution in [0.3, 0.4) is 0 Å². The molecule has 1 N–H and O–H groups in total. The van der Waals surface area contributed by atoms with Gasteiger partial charge in [0, 0.05) is 11.1 Å². The van der Waals surface area contributed by atoms with Crippen LogP contribution in [0.2, 0.25) is 5.02 Å². The van der Waals surface area contributed by atoms with Gasteiger partial charge in [0.25, 0.3) is 0 Å². The molecule has 1 aliphatic carbocycles. The van der Waals surface area contributed by atoms with Crippen molar-refractivity contribution in [1.29, 1.82) is 0 Å². The normalized spacial score (nSPS) is 27.0. The van der Waals surface area contributed by atoms with Crippen LogP contribution in [-0.2, 0) is 11.2 Å². The van der Waals surface area contributed by atoms with Crippen molar-refractivity contribution in [2.45, 2.75) is 63.7 Å². The first-order chi connectivity index (χ1) is 10.2. The maximum atomic E-state index is 6.33. The smallest absolute Gasteiger partial charge is 0.0583 e. The molecule has 2 aliphatic rings. The van der Waals surface area contributed by atoms with Gasteiger partial charge in [0.2, 0.25) is 0 Å². The van der Waals surface area contributed by atoms with Crippen LogP contribution >= 0.6 is 11.6 Å². The third-order valence-electron chi connectivity index (χ3n) is 4.66. The van der Waals surface area contributed by atoms with Crippen LogP contribution in [0.15, 0.2) is 24.3 Å². The zero-order valence-corrected chi connectivity index (χ0v) is 13.6. The molecule has 0 spiro atoms. The number of halogens is 1. The summed E-state index contributed by atoms with van der Waals surface area (Å²) in [6.07, 6.45) is 8.18. The standard InChI is InChI=1S/C18H26ClNO/c1-13-6-9-17(21-13)11-14(12-20-16-7-8-16)10-15-4-2-3-5-18(15)19/h2-5,13-14,16-17,20H,6-12H2,1H3. The molecule has 1 aliphatic heterocycles. The summed E-state index contributed by atoms with van der Waals surface area (Å²) in [6.45, 7) is 3.27. The Bertz CT molecular complexity index is 460. The molecule has 3 rings (SSSR count).